The van der Waals surface area contributed by atoms with Crippen LogP contribution in [0.5, 0.6) is 0 Å². The van der Waals surface area contributed by atoms with E-state index in [9.17, 15) is 4.39 Å². The van der Waals surface area contributed by atoms with Crippen LogP contribution in [0.4, 0.5) is 10.1 Å². The van der Waals surface area contributed by atoms with E-state index in [1.54, 1.807) is 12.1 Å². The molecule has 0 radical (unpaired) electrons. The Balaban J connectivity index is 1.97. The minimum Gasteiger partial charge on any atom is -0.356 e. The van der Waals surface area contributed by atoms with Crippen LogP contribution in [0.2, 0.25) is 5.02 Å². The standard InChI is InChI=1S/C17H19ClFN3S/c1-22(2)16(14-5-3-4-6-15(14)18)11-20-17(23)21-13-9-7-12(19)8-10-13/h3-10,16H,11H2,1-2H3,(H2,20,21,23)/p+1/t16-/m1/s1. The van der Waals surface area contributed by atoms with Gasteiger partial charge >= 0.3 is 0 Å². The van der Waals surface area contributed by atoms with Crippen molar-refractivity contribution in [1.29, 1.82) is 0 Å². The first-order valence-corrected chi connectivity index (χ1v) is 8.11. The van der Waals surface area contributed by atoms with E-state index in [1.165, 1.54) is 17.0 Å². The third-order valence-corrected chi connectivity index (χ3v) is 4.14. The highest BCUT2D eigenvalue weighted by atomic mass is 35.5. The molecule has 0 aromatic heterocycles. The lowest BCUT2D eigenvalue weighted by molar-refractivity contribution is -0.890. The zero-order valence-corrected chi connectivity index (χ0v) is 14.6. The molecule has 0 bridgehead atoms. The van der Waals surface area contributed by atoms with Gasteiger partial charge in [0.1, 0.15) is 11.9 Å². The fourth-order valence-corrected chi connectivity index (χ4v) is 2.75. The Morgan fingerprint density at radius 2 is 1.83 bits per heavy atom. The fraction of sp³-hybridized carbons (Fsp3) is 0.235. The van der Waals surface area contributed by atoms with Crippen molar-refractivity contribution in [3.8, 4) is 0 Å². The van der Waals surface area contributed by atoms with Gasteiger partial charge in [0.15, 0.2) is 5.11 Å². The highest BCUT2D eigenvalue weighted by Gasteiger charge is 2.20. The smallest absolute Gasteiger partial charge is 0.171 e. The lowest BCUT2D eigenvalue weighted by Crippen LogP contribution is -3.07. The van der Waals surface area contributed by atoms with Crippen molar-refractivity contribution < 1.29 is 9.29 Å². The molecule has 2 aromatic carbocycles. The van der Waals surface area contributed by atoms with Gasteiger partial charge in [-0.1, -0.05) is 29.8 Å². The molecule has 23 heavy (non-hydrogen) atoms. The number of rotatable bonds is 5. The summed E-state index contributed by atoms with van der Waals surface area (Å²) in [4.78, 5) is 1.25. The number of nitrogens with one attached hydrogen (secondary N) is 3. The average Bonchev–Trinajstić information content (AvgIpc) is 2.51. The summed E-state index contributed by atoms with van der Waals surface area (Å²) >= 11 is 11.6. The van der Waals surface area contributed by atoms with Crippen LogP contribution in [0.25, 0.3) is 0 Å². The molecule has 2 rings (SSSR count). The number of likely N-dealkylation sites (N-methyl/N-ethyl adjacent to an activating group) is 1. The lowest BCUT2D eigenvalue weighted by Gasteiger charge is -2.23. The summed E-state index contributed by atoms with van der Waals surface area (Å²) in [6.07, 6.45) is 0. The first-order valence-electron chi connectivity index (χ1n) is 7.32. The Morgan fingerprint density at radius 3 is 2.43 bits per heavy atom. The van der Waals surface area contributed by atoms with Gasteiger partial charge in [-0.05, 0) is 42.5 Å². The first kappa shape index (κ1) is 17.7. The fourth-order valence-electron chi connectivity index (χ4n) is 2.29. The van der Waals surface area contributed by atoms with Gasteiger partial charge in [0.05, 0.1) is 20.6 Å². The van der Waals surface area contributed by atoms with E-state index < -0.39 is 0 Å². The van der Waals surface area contributed by atoms with E-state index in [2.05, 4.69) is 24.7 Å². The average molecular weight is 353 g/mol. The maximum Gasteiger partial charge on any atom is 0.171 e. The Hall–Kier alpha value is -1.69. The molecule has 1 atom stereocenters. The molecule has 3 N–H and O–H groups in total. The topological polar surface area (TPSA) is 28.5 Å². The summed E-state index contributed by atoms with van der Waals surface area (Å²) in [6, 6.07) is 14.0. The zero-order valence-electron chi connectivity index (χ0n) is 13.1. The van der Waals surface area contributed by atoms with Crippen LogP contribution < -0.4 is 15.5 Å². The van der Waals surface area contributed by atoms with Gasteiger partial charge < -0.3 is 15.5 Å². The molecule has 0 aliphatic heterocycles. The molecule has 0 aliphatic carbocycles. The van der Waals surface area contributed by atoms with Crippen LogP contribution in [-0.2, 0) is 0 Å². The van der Waals surface area contributed by atoms with Crippen LogP contribution in [0.3, 0.4) is 0 Å². The third kappa shape index (κ3) is 5.16. The number of thiocarbonyl (C=S) groups is 1. The summed E-state index contributed by atoms with van der Waals surface area (Å²) in [6.45, 7) is 0.638. The van der Waals surface area contributed by atoms with Gasteiger partial charge in [-0.2, -0.15) is 0 Å². The molecule has 0 saturated carbocycles. The maximum atomic E-state index is 12.9. The molecule has 3 nitrogen and oxygen atoms in total. The van der Waals surface area contributed by atoms with E-state index in [0.29, 0.717) is 11.7 Å². The van der Waals surface area contributed by atoms with Crippen molar-refractivity contribution in [2.75, 3.05) is 26.0 Å². The lowest BCUT2D eigenvalue weighted by atomic mass is 10.1. The van der Waals surface area contributed by atoms with Crippen molar-refractivity contribution in [3.05, 3.63) is 64.9 Å². The molecule has 2 aromatic rings. The second-order valence-electron chi connectivity index (χ2n) is 5.49. The molecular formula is C17H20ClFN3S+. The van der Waals surface area contributed by atoms with Crippen molar-refractivity contribution in [2.45, 2.75) is 6.04 Å². The van der Waals surface area contributed by atoms with Crippen LogP contribution in [0, 0.1) is 5.82 Å². The number of hydrogen-bond acceptors (Lipinski definition) is 1. The monoisotopic (exact) mass is 352 g/mol. The number of benzene rings is 2. The van der Waals surface area contributed by atoms with Crippen molar-refractivity contribution in [3.63, 3.8) is 0 Å². The highest BCUT2D eigenvalue weighted by molar-refractivity contribution is 7.80. The Labute approximate surface area is 146 Å². The van der Waals surface area contributed by atoms with Gasteiger partial charge in [0.25, 0.3) is 0 Å². The molecule has 122 valence electrons. The number of anilines is 1. The van der Waals surface area contributed by atoms with E-state index in [0.717, 1.165) is 16.3 Å². The van der Waals surface area contributed by atoms with Crippen LogP contribution >= 0.6 is 23.8 Å². The molecular weight excluding hydrogens is 333 g/mol. The molecule has 0 amide bonds. The molecule has 6 heteroatoms. The molecule has 0 fully saturated rings. The summed E-state index contributed by atoms with van der Waals surface area (Å²) in [5.41, 5.74) is 1.82. The Kier molecular flexibility index (Phi) is 6.33. The van der Waals surface area contributed by atoms with Crippen molar-refractivity contribution in [2.24, 2.45) is 0 Å². The predicted molar refractivity (Wildman–Crippen MR) is 97.6 cm³/mol. The number of quaternary nitrogens is 1. The quantitative estimate of drug-likeness (QED) is 0.722. The summed E-state index contributed by atoms with van der Waals surface area (Å²) in [7, 11) is 4.15. The second-order valence-corrected chi connectivity index (χ2v) is 6.31. The molecule has 0 spiro atoms. The van der Waals surface area contributed by atoms with E-state index >= 15 is 0 Å². The van der Waals surface area contributed by atoms with Crippen molar-refractivity contribution >= 4 is 34.6 Å². The van der Waals surface area contributed by atoms with Crippen LogP contribution in [-0.4, -0.2) is 25.8 Å². The van der Waals surface area contributed by atoms with E-state index in [-0.39, 0.29) is 11.9 Å². The predicted octanol–water partition coefficient (Wildman–Crippen LogP) is 2.65. The molecule has 0 saturated heterocycles. The van der Waals surface area contributed by atoms with Gasteiger partial charge in [0, 0.05) is 16.3 Å². The number of halogens is 2. The van der Waals surface area contributed by atoms with Gasteiger partial charge in [-0.15, -0.1) is 0 Å². The number of hydrogen-bond donors (Lipinski definition) is 3. The summed E-state index contributed by atoms with van der Waals surface area (Å²) in [5.74, 6) is -0.274. The normalized spacial score (nSPS) is 12.0. The van der Waals surface area contributed by atoms with E-state index in [1.807, 2.05) is 24.3 Å². The summed E-state index contributed by atoms with van der Waals surface area (Å²) in [5, 5.41) is 7.48. The van der Waals surface area contributed by atoms with Crippen molar-refractivity contribution in [1.82, 2.24) is 5.32 Å². The van der Waals surface area contributed by atoms with Gasteiger partial charge in [0.2, 0.25) is 0 Å². The largest absolute Gasteiger partial charge is 0.356 e. The second kappa shape index (κ2) is 8.24. The van der Waals surface area contributed by atoms with E-state index in [4.69, 9.17) is 23.8 Å². The van der Waals surface area contributed by atoms with Crippen LogP contribution in [0.15, 0.2) is 48.5 Å². The third-order valence-electron chi connectivity index (χ3n) is 3.55. The summed E-state index contributed by atoms with van der Waals surface area (Å²) < 4.78 is 12.9. The minimum atomic E-state index is -0.274. The van der Waals surface area contributed by atoms with Gasteiger partial charge in [-0.25, -0.2) is 4.39 Å². The Morgan fingerprint density at radius 1 is 1.17 bits per heavy atom. The van der Waals surface area contributed by atoms with Crippen LogP contribution in [0.1, 0.15) is 11.6 Å². The Bertz CT molecular complexity index is 661. The SMILES string of the molecule is C[NH+](C)[C@H](CNC(=S)Nc1ccc(F)cc1)c1ccccc1Cl. The zero-order chi connectivity index (χ0) is 16.8. The minimum absolute atomic E-state index is 0.164. The molecule has 0 heterocycles. The first-order chi connectivity index (χ1) is 11.0. The molecule has 0 unspecified atom stereocenters. The highest BCUT2D eigenvalue weighted by Crippen LogP contribution is 2.20. The maximum absolute atomic E-state index is 12.9. The van der Waals surface area contributed by atoms with Gasteiger partial charge in [-0.3, -0.25) is 0 Å². The molecule has 0 aliphatic rings.